The molecule has 1 heterocycles. The number of carbonyl (C=O) groups is 2. The summed E-state index contributed by atoms with van der Waals surface area (Å²) in [6.07, 6.45) is 2.56. The molecule has 1 aromatic carbocycles. The lowest BCUT2D eigenvalue weighted by molar-refractivity contribution is -0.123. The molecule has 1 amide bonds. The number of carbonyl (C=O) groups excluding carboxylic acids is 2. The number of amides is 1. The Labute approximate surface area is 107 Å². The van der Waals surface area contributed by atoms with Gasteiger partial charge in [0, 0.05) is 12.1 Å². The average molecular weight is 254 g/mol. The highest BCUT2D eigenvalue weighted by atomic mass is 35.5. The Kier molecular flexibility index (Phi) is 5.16. The molecule has 17 heavy (non-hydrogen) atoms. The van der Waals surface area contributed by atoms with Crippen LogP contribution in [0.2, 0.25) is 0 Å². The van der Waals surface area contributed by atoms with Gasteiger partial charge in [-0.05, 0) is 12.8 Å². The van der Waals surface area contributed by atoms with Crippen molar-refractivity contribution in [2.45, 2.75) is 19.3 Å². The van der Waals surface area contributed by atoms with Crippen LogP contribution in [0, 0.1) is 5.92 Å². The Morgan fingerprint density at radius 1 is 1.18 bits per heavy atom. The SMILES string of the molecule is Cl.O=C1NCCCCC1C(=O)c1ccccc1. The fourth-order valence-electron chi connectivity index (χ4n) is 1.99. The van der Waals surface area contributed by atoms with Gasteiger partial charge in [-0.1, -0.05) is 36.8 Å². The number of benzene rings is 1. The zero-order valence-electron chi connectivity index (χ0n) is 9.52. The van der Waals surface area contributed by atoms with E-state index in [0.717, 1.165) is 12.8 Å². The van der Waals surface area contributed by atoms with E-state index in [-0.39, 0.29) is 24.1 Å². The molecule has 1 atom stereocenters. The van der Waals surface area contributed by atoms with Crippen LogP contribution in [0.3, 0.4) is 0 Å². The van der Waals surface area contributed by atoms with Gasteiger partial charge in [-0.15, -0.1) is 12.4 Å². The van der Waals surface area contributed by atoms with E-state index in [2.05, 4.69) is 5.32 Å². The zero-order chi connectivity index (χ0) is 11.4. The van der Waals surface area contributed by atoms with Crippen LogP contribution < -0.4 is 5.32 Å². The maximum absolute atomic E-state index is 12.1. The largest absolute Gasteiger partial charge is 0.355 e. The number of halogens is 1. The van der Waals surface area contributed by atoms with Crippen LogP contribution in [0.4, 0.5) is 0 Å². The molecule has 1 N–H and O–H groups in total. The van der Waals surface area contributed by atoms with Crippen molar-refractivity contribution in [3.05, 3.63) is 35.9 Å². The second-order valence-corrected chi connectivity index (χ2v) is 4.07. The third kappa shape index (κ3) is 3.30. The van der Waals surface area contributed by atoms with Crippen LogP contribution in [0.1, 0.15) is 29.6 Å². The van der Waals surface area contributed by atoms with Crippen LogP contribution in [0.5, 0.6) is 0 Å². The highest BCUT2D eigenvalue weighted by Crippen LogP contribution is 2.17. The molecular weight excluding hydrogens is 238 g/mol. The van der Waals surface area contributed by atoms with E-state index in [1.54, 1.807) is 12.1 Å². The van der Waals surface area contributed by atoms with Gasteiger partial charge in [-0.2, -0.15) is 0 Å². The van der Waals surface area contributed by atoms with Crippen molar-refractivity contribution < 1.29 is 9.59 Å². The van der Waals surface area contributed by atoms with Crippen molar-refractivity contribution in [1.29, 1.82) is 0 Å². The quantitative estimate of drug-likeness (QED) is 0.649. The molecule has 3 nitrogen and oxygen atoms in total. The molecule has 0 aliphatic carbocycles. The Morgan fingerprint density at radius 2 is 1.88 bits per heavy atom. The Morgan fingerprint density at radius 3 is 2.59 bits per heavy atom. The molecule has 0 aromatic heterocycles. The topological polar surface area (TPSA) is 46.2 Å². The van der Waals surface area contributed by atoms with Gasteiger partial charge in [0.05, 0.1) is 0 Å². The van der Waals surface area contributed by atoms with Gasteiger partial charge in [0.1, 0.15) is 5.92 Å². The van der Waals surface area contributed by atoms with Crippen LogP contribution in [0.25, 0.3) is 0 Å². The molecule has 1 aliphatic rings. The van der Waals surface area contributed by atoms with Gasteiger partial charge >= 0.3 is 0 Å². The Bertz CT molecular complexity index is 392. The zero-order valence-corrected chi connectivity index (χ0v) is 10.3. The molecule has 0 spiro atoms. The summed E-state index contributed by atoms with van der Waals surface area (Å²) in [6, 6.07) is 9.04. The summed E-state index contributed by atoms with van der Waals surface area (Å²) in [5, 5.41) is 2.79. The summed E-state index contributed by atoms with van der Waals surface area (Å²) in [7, 11) is 0. The first-order valence-corrected chi connectivity index (χ1v) is 5.66. The van der Waals surface area contributed by atoms with E-state index < -0.39 is 5.92 Å². The molecule has 2 rings (SSSR count). The first-order valence-electron chi connectivity index (χ1n) is 5.66. The van der Waals surface area contributed by atoms with Crippen molar-refractivity contribution in [1.82, 2.24) is 5.32 Å². The molecule has 0 saturated carbocycles. The predicted octanol–water partition coefficient (Wildman–Crippen LogP) is 2.21. The second kappa shape index (κ2) is 6.40. The van der Waals surface area contributed by atoms with Crippen molar-refractivity contribution in [3.63, 3.8) is 0 Å². The molecule has 0 bridgehead atoms. The van der Waals surface area contributed by atoms with Gasteiger partial charge in [-0.3, -0.25) is 9.59 Å². The summed E-state index contributed by atoms with van der Waals surface area (Å²) in [6.45, 7) is 0.692. The third-order valence-corrected chi connectivity index (χ3v) is 2.91. The van der Waals surface area contributed by atoms with E-state index in [9.17, 15) is 9.59 Å². The van der Waals surface area contributed by atoms with E-state index in [4.69, 9.17) is 0 Å². The van der Waals surface area contributed by atoms with Crippen molar-refractivity contribution in [2.75, 3.05) is 6.54 Å². The average Bonchev–Trinajstić information content (AvgIpc) is 2.54. The van der Waals surface area contributed by atoms with Crippen molar-refractivity contribution in [3.8, 4) is 0 Å². The molecule has 92 valence electrons. The van der Waals surface area contributed by atoms with Crippen LogP contribution in [-0.4, -0.2) is 18.2 Å². The summed E-state index contributed by atoms with van der Waals surface area (Å²) < 4.78 is 0. The first kappa shape index (κ1) is 13.7. The molecule has 0 radical (unpaired) electrons. The number of Topliss-reactive ketones (excluding diaryl/α,β-unsaturated/α-hetero) is 1. The maximum Gasteiger partial charge on any atom is 0.230 e. The molecular formula is C13H16ClNO2. The van der Waals surface area contributed by atoms with Gasteiger partial charge in [-0.25, -0.2) is 0 Å². The molecule has 1 unspecified atom stereocenters. The number of hydrogen-bond acceptors (Lipinski definition) is 2. The maximum atomic E-state index is 12.1. The standard InChI is InChI=1S/C13H15NO2.ClH/c15-12(10-6-2-1-3-7-10)11-8-4-5-9-14-13(11)16;/h1-3,6-7,11H,4-5,8-9H2,(H,14,16);1H. The van der Waals surface area contributed by atoms with Gasteiger partial charge < -0.3 is 5.32 Å². The minimum atomic E-state index is -0.495. The smallest absolute Gasteiger partial charge is 0.230 e. The normalized spacial score (nSPS) is 19.8. The van der Waals surface area contributed by atoms with Crippen LogP contribution in [-0.2, 0) is 4.79 Å². The Balaban J connectivity index is 0.00000144. The lowest BCUT2D eigenvalue weighted by atomic mass is 9.93. The van der Waals surface area contributed by atoms with Crippen molar-refractivity contribution >= 4 is 24.1 Å². The summed E-state index contributed by atoms with van der Waals surface area (Å²) in [5.74, 6) is -0.670. The number of ketones is 1. The summed E-state index contributed by atoms with van der Waals surface area (Å²) >= 11 is 0. The van der Waals surface area contributed by atoms with E-state index >= 15 is 0 Å². The molecule has 4 heteroatoms. The Hall–Kier alpha value is -1.35. The summed E-state index contributed by atoms with van der Waals surface area (Å²) in [4.78, 5) is 23.8. The van der Waals surface area contributed by atoms with E-state index in [1.807, 2.05) is 18.2 Å². The summed E-state index contributed by atoms with van der Waals surface area (Å²) in [5.41, 5.74) is 0.629. The van der Waals surface area contributed by atoms with E-state index in [1.165, 1.54) is 0 Å². The molecule has 1 aliphatic heterocycles. The van der Waals surface area contributed by atoms with Crippen LogP contribution >= 0.6 is 12.4 Å². The van der Waals surface area contributed by atoms with Gasteiger partial charge in [0.15, 0.2) is 5.78 Å². The van der Waals surface area contributed by atoms with Crippen LogP contribution in [0.15, 0.2) is 30.3 Å². The second-order valence-electron chi connectivity index (χ2n) is 4.07. The van der Waals surface area contributed by atoms with Crippen molar-refractivity contribution in [2.24, 2.45) is 5.92 Å². The number of nitrogens with one attached hydrogen (secondary N) is 1. The lowest BCUT2D eigenvalue weighted by Crippen LogP contribution is -2.33. The van der Waals surface area contributed by atoms with E-state index in [0.29, 0.717) is 18.5 Å². The fourth-order valence-corrected chi connectivity index (χ4v) is 1.99. The highest BCUT2D eigenvalue weighted by Gasteiger charge is 2.28. The number of rotatable bonds is 2. The van der Waals surface area contributed by atoms with Gasteiger partial charge in [0.25, 0.3) is 0 Å². The lowest BCUT2D eigenvalue weighted by Gasteiger charge is -2.11. The first-order chi connectivity index (χ1) is 7.79. The third-order valence-electron chi connectivity index (χ3n) is 2.91. The molecule has 1 fully saturated rings. The predicted molar refractivity (Wildman–Crippen MR) is 68.4 cm³/mol. The minimum absolute atomic E-state index is 0. The van der Waals surface area contributed by atoms with Gasteiger partial charge in [0.2, 0.25) is 5.91 Å². The number of hydrogen-bond donors (Lipinski definition) is 1. The molecule has 1 saturated heterocycles. The molecule has 1 aromatic rings. The minimum Gasteiger partial charge on any atom is -0.355 e. The highest BCUT2D eigenvalue weighted by molar-refractivity contribution is 6.10. The monoisotopic (exact) mass is 253 g/mol. The fraction of sp³-hybridized carbons (Fsp3) is 0.385.